The molecule has 1 aliphatic carbocycles. The van der Waals surface area contributed by atoms with Gasteiger partial charge in [0.1, 0.15) is 5.82 Å². The molecule has 0 aromatic heterocycles. The fourth-order valence-electron chi connectivity index (χ4n) is 2.81. The van der Waals surface area contributed by atoms with Crippen molar-refractivity contribution in [3.63, 3.8) is 0 Å². The number of hydrogen-bond acceptors (Lipinski definition) is 2. The van der Waals surface area contributed by atoms with E-state index in [1.165, 1.54) is 6.07 Å². The summed E-state index contributed by atoms with van der Waals surface area (Å²) in [4.78, 5) is 0. The second-order valence-electron chi connectivity index (χ2n) is 5.89. The predicted octanol–water partition coefficient (Wildman–Crippen LogP) is 4.05. The van der Waals surface area contributed by atoms with E-state index in [-0.39, 0.29) is 23.4 Å². The Hall–Kier alpha value is -0.450. The summed E-state index contributed by atoms with van der Waals surface area (Å²) in [5.74, 6) is -0.171. The molecule has 3 atom stereocenters. The quantitative estimate of drug-likeness (QED) is 0.899. The van der Waals surface area contributed by atoms with Gasteiger partial charge in [-0.1, -0.05) is 35.8 Å². The second kappa shape index (κ2) is 5.51. The zero-order chi connectivity index (χ0) is 14.2. The van der Waals surface area contributed by atoms with Crippen molar-refractivity contribution in [2.45, 2.75) is 45.4 Å². The van der Waals surface area contributed by atoms with Crippen molar-refractivity contribution in [2.24, 2.45) is 5.41 Å². The van der Waals surface area contributed by atoms with E-state index in [4.69, 9.17) is 4.74 Å². The Balaban J connectivity index is 2.04. The summed E-state index contributed by atoms with van der Waals surface area (Å²) in [5.41, 5.74) is 0.800. The van der Waals surface area contributed by atoms with E-state index < -0.39 is 0 Å². The molecule has 106 valence electrons. The molecule has 1 aromatic rings. The van der Waals surface area contributed by atoms with Gasteiger partial charge in [-0.05, 0) is 25.5 Å². The first-order valence-corrected chi connectivity index (χ1v) is 7.39. The Morgan fingerprint density at radius 1 is 1.47 bits per heavy atom. The molecule has 3 unspecified atom stereocenters. The number of ether oxygens (including phenoxy) is 1. The van der Waals surface area contributed by atoms with Gasteiger partial charge in [-0.25, -0.2) is 4.39 Å². The van der Waals surface area contributed by atoms with Crippen LogP contribution in [0.3, 0.4) is 0 Å². The third-order valence-corrected chi connectivity index (χ3v) is 4.84. The largest absolute Gasteiger partial charge is 0.381 e. The zero-order valence-corrected chi connectivity index (χ0v) is 13.4. The third kappa shape index (κ3) is 2.86. The highest BCUT2D eigenvalue weighted by atomic mass is 79.9. The molecule has 0 aliphatic heterocycles. The number of hydrogen-bond donors (Lipinski definition) is 1. The normalized spacial score (nSPS) is 26.8. The maximum atomic E-state index is 13.9. The topological polar surface area (TPSA) is 21.3 Å². The highest BCUT2D eigenvalue weighted by Crippen LogP contribution is 2.43. The van der Waals surface area contributed by atoms with Gasteiger partial charge in [-0.2, -0.15) is 0 Å². The van der Waals surface area contributed by atoms with Gasteiger partial charge in [-0.3, -0.25) is 0 Å². The molecule has 1 N–H and O–H groups in total. The maximum Gasteiger partial charge on any atom is 0.129 e. The van der Waals surface area contributed by atoms with Crippen molar-refractivity contribution in [1.29, 1.82) is 0 Å². The van der Waals surface area contributed by atoms with Crippen LogP contribution in [0.2, 0.25) is 0 Å². The summed E-state index contributed by atoms with van der Waals surface area (Å²) >= 11 is 3.28. The van der Waals surface area contributed by atoms with Crippen LogP contribution < -0.4 is 5.32 Å². The number of benzene rings is 1. The smallest absolute Gasteiger partial charge is 0.129 e. The van der Waals surface area contributed by atoms with Crippen molar-refractivity contribution in [3.8, 4) is 0 Å². The highest BCUT2D eigenvalue weighted by molar-refractivity contribution is 9.10. The average Bonchev–Trinajstić information content (AvgIpc) is 2.33. The van der Waals surface area contributed by atoms with E-state index in [2.05, 4.69) is 35.1 Å². The second-order valence-corrected chi connectivity index (χ2v) is 6.80. The first-order chi connectivity index (χ1) is 8.86. The maximum absolute atomic E-state index is 13.9. The molecule has 0 spiro atoms. The molecule has 0 heterocycles. The van der Waals surface area contributed by atoms with Crippen LogP contribution in [0.4, 0.5) is 4.39 Å². The number of methoxy groups -OCH3 is 1. The Morgan fingerprint density at radius 3 is 2.68 bits per heavy atom. The first-order valence-electron chi connectivity index (χ1n) is 6.60. The Morgan fingerprint density at radius 2 is 2.16 bits per heavy atom. The van der Waals surface area contributed by atoms with E-state index >= 15 is 0 Å². The van der Waals surface area contributed by atoms with Crippen LogP contribution in [0, 0.1) is 11.2 Å². The van der Waals surface area contributed by atoms with Gasteiger partial charge in [0.2, 0.25) is 0 Å². The lowest BCUT2D eigenvalue weighted by molar-refractivity contribution is -0.1000. The predicted molar refractivity (Wildman–Crippen MR) is 78.6 cm³/mol. The summed E-state index contributed by atoms with van der Waals surface area (Å²) in [6.07, 6.45) is 1.26. The van der Waals surface area contributed by atoms with Crippen molar-refractivity contribution in [3.05, 3.63) is 34.1 Å². The van der Waals surface area contributed by atoms with Crippen LogP contribution in [-0.2, 0) is 4.74 Å². The molecule has 4 heteroatoms. The first kappa shape index (κ1) is 14.9. The fraction of sp³-hybridized carbons (Fsp3) is 0.600. The van der Waals surface area contributed by atoms with E-state index in [9.17, 15) is 4.39 Å². The lowest BCUT2D eigenvalue weighted by Crippen LogP contribution is -2.61. The monoisotopic (exact) mass is 329 g/mol. The van der Waals surface area contributed by atoms with Gasteiger partial charge in [0.05, 0.1) is 6.10 Å². The summed E-state index contributed by atoms with van der Waals surface area (Å²) < 4.78 is 20.1. The van der Waals surface area contributed by atoms with Crippen LogP contribution >= 0.6 is 15.9 Å². The lowest BCUT2D eigenvalue weighted by Gasteiger charge is -2.52. The molecule has 0 bridgehead atoms. The number of rotatable bonds is 4. The Bertz CT molecular complexity index is 463. The molecule has 0 saturated heterocycles. The van der Waals surface area contributed by atoms with E-state index in [0.717, 1.165) is 10.9 Å². The van der Waals surface area contributed by atoms with Gasteiger partial charge in [-0.15, -0.1) is 0 Å². The van der Waals surface area contributed by atoms with Crippen LogP contribution in [0.15, 0.2) is 22.7 Å². The molecule has 2 nitrogen and oxygen atoms in total. The molecule has 0 amide bonds. The van der Waals surface area contributed by atoms with Crippen LogP contribution in [0.25, 0.3) is 0 Å². The van der Waals surface area contributed by atoms with Gasteiger partial charge in [0.25, 0.3) is 0 Å². The third-order valence-electron chi connectivity index (χ3n) is 4.34. The van der Waals surface area contributed by atoms with Crippen LogP contribution in [-0.4, -0.2) is 19.3 Å². The van der Waals surface area contributed by atoms with Crippen LogP contribution in [0.1, 0.15) is 38.8 Å². The minimum Gasteiger partial charge on any atom is -0.381 e. The molecule has 19 heavy (non-hydrogen) atoms. The van der Waals surface area contributed by atoms with Crippen molar-refractivity contribution in [1.82, 2.24) is 5.32 Å². The molecule has 2 rings (SSSR count). The fourth-order valence-corrected chi connectivity index (χ4v) is 3.15. The molecular weight excluding hydrogens is 309 g/mol. The number of halogens is 2. The van der Waals surface area contributed by atoms with Crippen molar-refractivity contribution in [2.75, 3.05) is 7.11 Å². The van der Waals surface area contributed by atoms with Crippen LogP contribution in [0.5, 0.6) is 0 Å². The molecular formula is C15H21BrFNO. The zero-order valence-electron chi connectivity index (χ0n) is 11.8. The van der Waals surface area contributed by atoms with Gasteiger partial charge in [0, 0.05) is 34.6 Å². The van der Waals surface area contributed by atoms with Gasteiger partial charge in [0.15, 0.2) is 0 Å². The van der Waals surface area contributed by atoms with Crippen molar-refractivity contribution >= 4 is 15.9 Å². The minimum absolute atomic E-state index is 0.00446. The average molecular weight is 330 g/mol. The molecule has 1 aromatic carbocycles. The van der Waals surface area contributed by atoms with E-state index in [1.54, 1.807) is 7.11 Å². The molecule has 0 radical (unpaired) electrons. The molecule has 1 saturated carbocycles. The summed E-state index contributed by atoms with van der Waals surface area (Å²) in [5, 5.41) is 3.51. The standard InChI is InChI=1S/C15H21BrFNO/c1-9(11-6-5-10(16)7-12(11)17)18-13-8-14(19-4)15(13,2)3/h5-7,9,13-14,18H,8H2,1-4H3. The van der Waals surface area contributed by atoms with Gasteiger partial charge < -0.3 is 10.1 Å². The SMILES string of the molecule is COC1CC(NC(C)c2ccc(Br)cc2F)C1(C)C. The van der Waals surface area contributed by atoms with Gasteiger partial charge >= 0.3 is 0 Å². The Kier molecular flexibility index (Phi) is 4.33. The Labute approximate surface area is 122 Å². The van der Waals surface area contributed by atoms with E-state index in [1.807, 2.05) is 19.1 Å². The lowest BCUT2D eigenvalue weighted by atomic mass is 9.64. The molecule has 1 fully saturated rings. The minimum atomic E-state index is -0.171. The van der Waals surface area contributed by atoms with E-state index in [0.29, 0.717) is 11.6 Å². The summed E-state index contributed by atoms with van der Waals surface area (Å²) in [6, 6.07) is 5.57. The molecule has 1 aliphatic rings. The highest BCUT2D eigenvalue weighted by Gasteiger charge is 2.48. The van der Waals surface area contributed by atoms with Crippen molar-refractivity contribution < 1.29 is 9.13 Å². The summed E-state index contributed by atoms with van der Waals surface area (Å²) in [7, 11) is 1.75. The number of nitrogens with one attached hydrogen (secondary N) is 1. The summed E-state index contributed by atoms with van der Waals surface area (Å²) in [6.45, 7) is 6.38.